The van der Waals surface area contributed by atoms with Crippen molar-refractivity contribution in [3.8, 4) is 11.3 Å². The molecule has 13 heteroatoms. The first-order valence-corrected chi connectivity index (χ1v) is 15.2. The number of amides is 1. The third-order valence-corrected chi connectivity index (χ3v) is 10.00. The number of nitrogens with two attached hydrogens (primary N) is 1. The lowest BCUT2D eigenvalue weighted by Gasteiger charge is -2.42. The van der Waals surface area contributed by atoms with Crippen LogP contribution in [0.2, 0.25) is 5.02 Å². The number of rotatable bonds is 6. The van der Waals surface area contributed by atoms with Crippen LogP contribution in [-0.2, 0) is 16.1 Å². The van der Waals surface area contributed by atoms with Crippen molar-refractivity contribution in [2.24, 2.45) is 11.1 Å². The lowest BCUT2D eigenvalue weighted by molar-refractivity contribution is -0.114. The van der Waals surface area contributed by atoms with Gasteiger partial charge < -0.3 is 30.2 Å². The fraction of sp³-hybridized carbons (Fsp3) is 0.400. The van der Waals surface area contributed by atoms with Crippen molar-refractivity contribution in [2.75, 3.05) is 29.9 Å². The second-order valence-corrected chi connectivity index (χ2v) is 12.6. The summed E-state index contributed by atoms with van der Waals surface area (Å²) in [5.74, 6) is 0.603. The van der Waals surface area contributed by atoms with Gasteiger partial charge in [-0.1, -0.05) is 35.5 Å². The van der Waals surface area contributed by atoms with Gasteiger partial charge in [0.05, 0.1) is 35.7 Å². The minimum absolute atomic E-state index is 0. The van der Waals surface area contributed by atoms with Crippen LogP contribution >= 0.6 is 35.8 Å². The van der Waals surface area contributed by atoms with Gasteiger partial charge in [-0.25, -0.2) is 15.0 Å². The van der Waals surface area contributed by atoms with Gasteiger partial charge in [-0.05, 0) is 44.9 Å². The van der Waals surface area contributed by atoms with Gasteiger partial charge >= 0.3 is 0 Å². The van der Waals surface area contributed by atoms with E-state index in [0.717, 1.165) is 59.3 Å². The molecule has 2 aliphatic heterocycles. The molecule has 2 atom stereocenters. The number of anilines is 2. The van der Waals surface area contributed by atoms with Crippen LogP contribution in [0.5, 0.6) is 0 Å². The Bertz CT molecular complexity index is 1640. The van der Waals surface area contributed by atoms with Crippen molar-refractivity contribution in [2.45, 2.75) is 62.3 Å². The molecule has 1 amide bonds. The van der Waals surface area contributed by atoms with Gasteiger partial charge in [0.25, 0.3) is 0 Å². The number of nitrogens with zero attached hydrogens (tertiary/aromatic N) is 5. The topological polar surface area (TPSA) is 131 Å². The number of ether oxygens (including phenoxy) is 1. The van der Waals surface area contributed by atoms with Crippen LogP contribution in [0, 0.1) is 12.3 Å². The maximum absolute atomic E-state index is 11.3. The number of carbonyl (C=O) groups excluding carboxylic acids is 1. The molecule has 3 aromatic heterocycles. The van der Waals surface area contributed by atoms with Gasteiger partial charge in [0.2, 0.25) is 5.91 Å². The molecule has 10 nitrogen and oxygen atoms in total. The molecule has 1 aromatic carbocycles. The average molecular weight is 645 g/mol. The quantitative estimate of drug-likeness (QED) is 0.262. The summed E-state index contributed by atoms with van der Waals surface area (Å²) >= 11 is 8.26. The summed E-state index contributed by atoms with van der Waals surface area (Å²) in [4.78, 5) is 28.8. The molecule has 0 bridgehead atoms. The van der Waals surface area contributed by atoms with E-state index >= 15 is 0 Å². The summed E-state index contributed by atoms with van der Waals surface area (Å²) in [5.41, 5.74) is 10.8. The molecule has 5 heterocycles. The zero-order chi connectivity index (χ0) is 29.6. The van der Waals surface area contributed by atoms with Crippen LogP contribution in [0.1, 0.15) is 38.1 Å². The number of hydrogen-bond donors (Lipinski definition) is 3. The number of pyridine rings is 1. The second-order valence-electron chi connectivity index (χ2n) is 11.1. The highest BCUT2D eigenvalue weighted by Gasteiger charge is 2.47. The second kappa shape index (κ2) is 12.6. The number of aliphatic hydroxyl groups excluding tert-OH is 1. The lowest BCUT2D eigenvalue weighted by Crippen LogP contribution is -2.51. The van der Waals surface area contributed by atoms with E-state index in [1.807, 2.05) is 61.0 Å². The largest absolute Gasteiger partial charge is 0.390 e. The minimum Gasteiger partial charge on any atom is -0.390 e. The fourth-order valence-electron chi connectivity index (χ4n) is 5.87. The maximum Gasteiger partial charge on any atom is 0.221 e. The number of aryl methyl sites for hydroxylation is 1. The Hall–Kier alpha value is -2.93. The molecule has 0 radical (unpaired) electrons. The maximum atomic E-state index is 11.3. The van der Waals surface area contributed by atoms with E-state index in [-0.39, 0.29) is 42.5 Å². The smallest absolute Gasteiger partial charge is 0.221 e. The molecule has 4 N–H and O–H groups in total. The van der Waals surface area contributed by atoms with Gasteiger partial charge in [0.15, 0.2) is 11.5 Å². The molecule has 43 heavy (non-hydrogen) atoms. The average Bonchev–Trinajstić information content (AvgIpc) is 3.54. The summed E-state index contributed by atoms with van der Waals surface area (Å²) in [5, 5.41) is 14.2. The molecular weight excluding hydrogens is 609 g/mol. The minimum atomic E-state index is -0.214. The Kier molecular flexibility index (Phi) is 9.22. The Morgan fingerprint density at radius 2 is 1.93 bits per heavy atom. The van der Waals surface area contributed by atoms with Crippen LogP contribution in [0.25, 0.3) is 16.9 Å². The molecule has 228 valence electrons. The normalized spacial score (nSPS) is 19.5. The number of benzene rings is 1. The third kappa shape index (κ3) is 6.07. The van der Waals surface area contributed by atoms with Crippen LogP contribution in [0.4, 0.5) is 11.5 Å². The number of fused-ring (bicyclic) bond motifs is 1. The van der Waals surface area contributed by atoms with Gasteiger partial charge in [-0.2, -0.15) is 0 Å². The zero-order valence-electron chi connectivity index (χ0n) is 24.2. The molecular formula is C30H35Cl2N7O3S. The van der Waals surface area contributed by atoms with Crippen LogP contribution in [-0.4, -0.2) is 62.2 Å². The molecule has 6 rings (SSSR count). The number of hydrogen-bond acceptors (Lipinski definition) is 9. The Labute approximate surface area is 265 Å². The van der Waals surface area contributed by atoms with E-state index in [1.54, 1.807) is 0 Å². The van der Waals surface area contributed by atoms with E-state index in [9.17, 15) is 9.90 Å². The van der Waals surface area contributed by atoms with Crippen molar-refractivity contribution >= 4 is 58.8 Å². The molecule has 1 spiro atoms. The predicted molar refractivity (Wildman–Crippen MR) is 171 cm³/mol. The monoisotopic (exact) mass is 643 g/mol. The molecule has 2 fully saturated rings. The number of piperidine rings is 1. The third-order valence-electron chi connectivity index (χ3n) is 8.37. The summed E-state index contributed by atoms with van der Waals surface area (Å²) in [7, 11) is 0. The summed E-state index contributed by atoms with van der Waals surface area (Å²) < 4.78 is 7.75. The first kappa shape index (κ1) is 31.5. The molecule has 2 aliphatic rings. The fourth-order valence-corrected chi connectivity index (χ4v) is 7.05. The first-order chi connectivity index (χ1) is 20.2. The van der Waals surface area contributed by atoms with E-state index in [2.05, 4.69) is 10.2 Å². The van der Waals surface area contributed by atoms with Gasteiger partial charge in [-0.3, -0.25) is 4.79 Å². The van der Waals surface area contributed by atoms with Gasteiger partial charge in [0, 0.05) is 60.0 Å². The van der Waals surface area contributed by atoms with Crippen molar-refractivity contribution < 1.29 is 14.6 Å². The van der Waals surface area contributed by atoms with Crippen molar-refractivity contribution in [1.82, 2.24) is 19.4 Å². The van der Waals surface area contributed by atoms with E-state index < -0.39 is 0 Å². The number of nitrogens with one attached hydrogen (secondary N) is 1. The molecule has 0 aliphatic carbocycles. The number of aliphatic hydroxyl groups is 1. The highest BCUT2D eigenvalue weighted by Crippen LogP contribution is 2.43. The lowest BCUT2D eigenvalue weighted by atomic mass is 9.73. The Balaban J connectivity index is 0.00000368. The molecule has 2 saturated heterocycles. The van der Waals surface area contributed by atoms with Crippen molar-refractivity contribution in [3.05, 3.63) is 59.1 Å². The van der Waals surface area contributed by atoms with Crippen molar-refractivity contribution in [3.63, 3.8) is 0 Å². The highest BCUT2D eigenvalue weighted by atomic mass is 35.5. The van der Waals surface area contributed by atoms with Gasteiger partial charge in [-0.15, -0.1) is 12.4 Å². The molecule has 4 aromatic rings. The SMILES string of the molecule is CC(=O)Nc1ccc(-c2cn3ccc(Sc4nc(CO)c(N5CCC6(CC5)CO[C@@H](C)[C@H]6N)nc4C)c(Cl)c3n2)cc1.Cl. The summed E-state index contributed by atoms with van der Waals surface area (Å²) in [6, 6.07) is 9.46. The summed E-state index contributed by atoms with van der Waals surface area (Å²) in [6.45, 7) is 7.52. The number of halogens is 2. The Morgan fingerprint density at radius 1 is 1.21 bits per heavy atom. The van der Waals surface area contributed by atoms with Crippen molar-refractivity contribution in [1.29, 1.82) is 0 Å². The predicted octanol–water partition coefficient (Wildman–Crippen LogP) is 5.11. The number of carbonyl (C=O) groups is 1. The summed E-state index contributed by atoms with van der Waals surface area (Å²) in [6.07, 6.45) is 5.74. The molecule has 0 unspecified atom stereocenters. The number of aromatic nitrogens is 4. The van der Waals surface area contributed by atoms with Crippen LogP contribution in [0.3, 0.4) is 0 Å². The Morgan fingerprint density at radius 3 is 2.56 bits per heavy atom. The number of imidazole rings is 1. The van der Waals surface area contributed by atoms with Crippen LogP contribution < -0.4 is 16.0 Å². The van der Waals surface area contributed by atoms with E-state index in [4.69, 9.17) is 37.0 Å². The highest BCUT2D eigenvalue weighted by molar-refractivity contribution is 7.99. The first-order valence-electron chi connectivity index (χ1n) is 14.0. The standard InChI is InChI=1S/C30H34ClN7O3S.ClH/c1-17-29(36-23(15-39)27(33-17)37-12-9-30(10-13-37)16-41-18(2)26(30)32)42-24-8-11-38-14-22(35-28(38)25(24)31)20-4-6-21(7-5-20)34-19(3)40;/h4-8,11,14,18,26,39H,9-10,12-13,15-16,32H2,1-3H3,(H,34,40);1H/t18-,26+;/m0./s1. The van der Waals surface area contributed by atoms with Crippen LogP contribution in [0.15, 0.2) is 52.6 Å². The molecule has 0 saturated carbocycles. The van der Waals surface area contributed by atoms with E-state index in [1.165, 1.54) is 18.7 Å². The van der Waals surface area contributed by atoms with Gasteiger partial charge in [0.1, 0.15) is 10.7 Å². The zero-order valence-corrected chi connectivity index (χ0v) is 26.6. The van der Waals surface area contributed by atoms with E-state index in [0.29, 0.717) is 28.0 Å².